The molecule has 1 aliphatic rings. The molecule has 1 fully saturated rings. The number of hydrogen-bond donors (Lipinski definition) is 5. The molecule has 1 saturated heterocycles. The summed E-state index contributed by atoms with van der Waals surface area (Å²) in [7, 11) is 3.61. The van der Waals surface area contributed by atoms with Crippen molar-refractivity contribution in [1.82, 2.24) is 19.5 Å². The normalized spacial score (nSPS) is 21.7. The van der Waals surface area contributed by atoms with Gasteiger partial charge in [0.15, 0.2) is 28.4 Å². The lowest BCUT2D eigenvalue weighted by atomic mass is 10.1. The van der Waals surface area contributed by atoms with E-state index in [0.29, 0.717) is 22.2 Å². The first kappa shape index (κ1) is 28.8. The third-order valence-corrected chi connectivity index (χ3v) is 7.13. The largest absolute Gasteiger partial charge is 0.489 e. The van der Waals surface area contributed by atoms with Gasteiger partial charge in [0.1, 0.15) is 37.0 Å². The highest BCUT2D eigenvalue weighted by atomic mass is 32.2. The summed E-state index contributed by atoms with van der Waals surface area (Å²) in [4.78, 5) is 26.5. The molecule has 1 unspecified atom stereocenters. The van der Waals surface area contributed by atoms with E-state index >= 15 is 0 Å². The zero-order valence-electron chi connectivity index (χ0n) is 21.7. The van der Waals surface area contributed by atoms with Crippen LogP contribution in [0.25, 0.3) is 11.2 Å². The number of aromatic nitrogens is 4. The van der Waals surface area contributed by atoms with Crippen LogP contribution in [0, 0.1) is 0 Å². The number of hydrogen-bond acceptors (Lipinski definition) is 14. The Morgan fingerprint density at radius 3 is 2.72 bits per heavy atom. The molecule has 6 N–H and O–H groups in total. The molecule has 0 saturated carbocycles. The molecule has 4 rings (SSSR count). The smallest absolute Gasteiger partial charge is 0.338 e. The number of aliphatic hydroxyl groups is 4. The molecule has 1 aromatic carbocycles. The third kappa shape index (κ3) is 6.03. The highest BCUT2D eigenvalue weighted by molar-refractivity contribution is 7.99. The van der Waals surface area contributed by atoms with E-state index in [0.717, 1.165) is 11.8 Å². The summed E-state index contributed by atoms with van der Waals surface area (Å²) >= 11 is 1.14. The molecular formula is C24H32N6O8S. The van der Waals surface area contributed by atoms with Gasteiger partial charge < -0.3 is 45.3 Å². The van der Waals surface area contributed by atoms with Gasteiger partial charge in [-0.2, -0.15) is 0 Å². The Labute approximate surface area is 228 Å². The predicted molar refractivity (Wildman–Crippen MR) is 142 cm³/mol. The number of rotatable bonds is 11. The second-order valence-electron chi connectivity index (χ2n) is 9.00. The van der Waals surface area contributed by atoms with Gasteiger partial charge >= 0.3 is 5.97 Å². The molecule has 2 aromatic heterocycles. The Hall–Kier alpha value is -3.21. The van der Waals surface area contributed by atoms with Crippen molar-refractivity contribution < 1.29 is 39.4 Å². The lowest BCUT2D eigenvalue weighted by Crippen LogP contribution is -2.33. The van der Waals surface area contributed by atoms with E-state index in [1.165, 1.54) is 10.9 Å². The van der Waals surface area contributed by atoms with Crippen molar-refractivity contribution in [2.24, 2.45) is 0 Å². The average Bonchev–Trinajstić information content (AvgIpc) is 3.43. The molecule has 0 aliphatic carbocycles. The molecule has 0 amide bonds. The van der Waals surface area contributed by atoms with Gasteiger partial charge in [-0.15, -0.1) is 0 Å². The molecule has 3 aromatic rings. The Morgan fingerprint density at radius 1 is 1.28 bits per heavy atom. The lowest BCUT2D eigenvalue weighted by molar-refractivity contribution is -0.0548. The summed E-state index contributed by atoms with van der Waals surface area (Å²) in [5.74, 6) is 0.271. The number of fused-ring (bicyclic) bond motifs is 1. The van der Waals surface area contributed by atoms with Gasteiger partial charge in [0, 0.05) is 19.8 Å². The number of aliphatic hydroxyl groups excluding tert-OH is 4. The van der Waals surface area contributed by atoms with Gasteiger partial charge in [0.25, 0.3) is 0 Å². The summed E-state index contributed by atoms with van der Waals surface area (Å²) in [5.41, 5.74) is 7.53. The van der Waals surface area contributed by atoms with Gasteiger partial charge in [0.2, 0.25) is 0 Å². The fourth-order valence-electron chi connectivity index (χ4n) is 4.07. The average molecular weight is 565 g/mol. The first-order valence-electron chi connectivity index (χ1n) is 12.2. The van der Waals surface area contributed by atoms with E-state index in [-0.39, 0.29) is 35.9 Å². The zero-order chi connectivity index (χ0) is 28.3. The van der Waals surface area contributed by atoms with Gasteiger partial charge in [-0.3, -0.25) is 4.57 Å². The maximum Gasteiger partial charge on any atom is 0.338 e. The summed E-state index contributed by atoms with van der Waals surface area (Å²) < 4.78 is 18.1. The summed E-state index contributed by atoms with van der Waals surface area (Å²) in [6, 6.07) is 4.89. The number of carbonyl (C=O) groups excluding carboxylic acids is 1. The molecule has 0 spiro atoms. The monoisotopic (exact) mass is 564 g/mol. The minimum atomic E-state index is -1.37. The fourth-order valence-corrected chi connectivity index (χ4v) is 4.99. The van der Waals surface area contributed by atoms with Crippen LogP contribution in [0.1, 0.15) is 23.5 Å². The number of nitrogen functional groups attached to an aromatic ring is 1. The van der Waals surface area contributed by atoms with Crippen LogP contribution in [-0.2, 0) is 9.47 Å². The van der Waals surface area contributed by atoms with Crippen molar-refractivity contribution in [3.8, 4) is 5.75 Å². The number of nitrogens with zero attached hydrogens (tertiary/aromatic N) is 5. The minimum Gasteiger partial charge on any atom is -0.489 e. The van der Waals surface area contributed by atoms with Crippen molar-refractivity contribution in [1.29, 1.82) is 0 Å². The molecule has 39 heavy (non-hydrogen) atoms. The third-order valence-electron chi connectivity index (χ3n) is 6.03. The van der Waals surface area contributed by atoms with E-state index in [4.69, 9.17) is 19.9 Å². The summed E-state index contributed by atoms with van der Waals surface area (Å²) in [6.45, 7) is 1.44. The molecular weight excluding hydrogens is 532 g/mol. The second-order valence-corrected chi connectivity index (χ2v) is 9.98. The lowest BCUT2D eigenvalue weighted by Gasteiger charge is -2.21. The molecule has 15 heteroatoms. The van der Waals surface area contributed by atoms with Crippen LogP contribution in [0.2, 0.25) is 0 Å². The standard InChI is InChI=1S/C24H32N6O8S/c1-4-36-23(35)12-5-6-15(14(7-12)29(2)3)37-9-13(32)10-39-24-28-17-20(25)26-11-27-21(17)30(24)22-19(34)18(33)16(8-31)38-22/h5-7,11,13,16,18-19,22,31-34H,4,8-10H2,1-3H3,(H2,25,26,27)/t13?,16-,18-,19-,22-/m1/s1. The van der Waals surface area contributed by atoms with Crippen LogP contribution >= 0.6 is 11.8 Å². The number of thioether (sulfide) groups is 1. The van der Waals surface area contributed by atoms with Gasteiger partial charge in [-0.05, 0) is 25.1 Å². The van der Waals surface area contributed by atoms with Crippen molar-refractivity contribution in [3.63, 3.8) is 0 Å². The van der Waals surface area contributed by atoms with Crippen LogP contribution in [0.15, 0.2) is 29.7 Å². The van der Waals surface area contributed by atoms with Crippen molar-refractivity contribution in [2.45, 2.75) is 42.7 Å². The Balaban J connectivity index is 1.49. The summed E-state index contributed by atoms with van der Waals surface area (Å²) in [6.07, 6.45) is -4.51. The number of nitrogens with two attached hydrogens (primary N) is 1. The van der Waals surface area contributed by atoms with Gasteiger partial charge in [0.05, 0.1) is 30.6 Å². The maximum absolute atomic E-state index is 12.1. The van der Waals surface area contributed by atoms with Crippen LogP contribution in [0.4, 0.5) is 11.5 Å². The van der Waals surface area contributed by atoms with Gasteiger partial charge in [-0.1, -0.05) is 11.8 Å². The van der Waals surface area contributed by atoms with E-state index in [9.17, 15) is 25.2 Å². The molecule has 1 aliphatic heterocycles. The van der Waals surface area contributed by atoms with E-state index in [1.54, 1.807) is 44.1 Å². The topological polar surface area (TPSA) is 199 Å². The van der Waals surface area contributed by atoms with Crippen molar-refractivity contribution in [3.05, 3.63) is 30.1 Å². The van der Waals surface area contributed by atoms with Crippen LogP contribution in [-0.4, -0.2) is 110 Å². The van der Waals surface area contributed by atoms with Crippen LogP contribution in [0.5, 0.6) is 5.75 Å². The van der Waals surface area contributed by atoms with Gasteiger partial charge in [-0.25, -0.2) is 19.7 Å². The van der Waals surface area contributed by atoms with Crippen molar-refractivity contribution in [2.75, 3.05) is 50.3 Å². The number of ether oxygens (including phenoxy) is 3. The highest BCUT2D eigenvalue weighted by Gasteiger charge is 2.45. The Kier molecular flexibility index (Phi) is 9.09. The first-order chi connectivity index (χ1) is 18.7. The summed E-state index contributed by atoms with van der Waals surface area (Å²) in [5, 5.41) is 41.4. The molecule has 3 heterocycles. The van der Waals surface area contributed by atoms with Crippen molar-refractivity contribution >= 4 is 40.4 Å². The molecule has 0 radical (unpaired) electrons. The molecule has 212 valence electrons. The Bertz CT molecular complexity index is 1310. The second kappa shape index (κ2) is 12.3. The maximum atomic E-state index is 12.1. The molecule has 14 nitrogen and oxygen atoms in total. The Morgan fingerprint density at radius 2 is 2.05 bits per heavy atom. The molecule has 0 bridgehead atoms. The number of imidazole rings is 1. The SMILES string of the molecule is CCOC(=O)c1ccc(OCC(O)CSc2nc3c(N)ncnc3n2[C@@H]2O[C@H](CO)[C@@H](O)[C@H]2O)c(N(C)C)c1. The van der Waals surface area contributed by atoms with E-state index < -0.39 is 43.2 Å². The predicted octanol–water partition coefficient (Wildman–Crippen LogP) is -0.205. The minimum absolute atomic E-state index is 0.0668. The fraction of sp³-hybridized carbons (Fsp3) is 0.500. The highest BCUT2D eigenvalue weighted by Crippen LogP contribution is 2.36. The number of anilines is 2. The zero-order valence-corrected chi connectivity index (χ0v) is 22.5. The van der Waals surface area contributed by atoms with Crippen LogP contribution < -0.4 is 15.4 Å². The van der Waals surface area contributed by atoms with Crippen LogP contribution in [0.3, 0.4) is 0 Å². The first-order valence-corrected chi connectivity index (χ1v) is 13.2. The quantitative estimate of drug-likeness (QED) is 0.151. The number of carbonyl (C=O) groups is 1. The van der Waals surface area contributed by atoms with E-state index in [1.807, 2.05) is 0 Å². The number of benzene rings is 1. The van der Waals surface area contributed by atoms with E-state index in [2.05, 4.69) is 15.0 Å². The molecule has 5 atom stereocenters. The number of esters is 1.